The second-order valence-corrected chi connectivity index (χ2v) is 8.40. The van der Waals surface area contributed by atoms with Gasteiger partial charge in [0.25, 0.3) is 0 Å². The molecular weight excluding hydrogens is 464 g/mol. The number of carbonyl (C=O) groups excluding carboxylic acids is 2. The summed E-state index contributed by atoms with van der Waals surface area (Å²) in [5, 5.41) is 0. The summed E-state index contributed by atoms with van der Waals surface area (Å²) in [6, 6.07) is 20.5. The van der Waals surface area contributed by atoms with Crippen molar-refractivity contribution in [1.82, 2.24) is 0 Å². The lowest BCUT2D eigenvalue weighted by molar-refractivity contribution is -0.130. The van der Waals surface area contributed by atoms with Crippen LogP contribution in [-0.2, 0) is 9.59 Å². The number of carbonyl (C=O) groups is 2. The number of esters is 2. The quantitative estimate of drug-likeness (QED) is 0.0963. The van der Waals surface area contributed by atoms with Crippen LogP contribution >= 0.6 is 0 Å². The topological polar surface area (TPSA) is 61.8 Å². The smallest absolute Gasteiger partial charge is 0.338 e. The molecule has 0 N–H and O–H groups in total. The number of ether oxygens (including phenoxy) is 3. The van der Waals surface area contributed by atoms with E-state index in [-0.39, 0.29) is 0 Å². The molecule has 37 heavy (non-hydrogen) atoms. The highest BCUT2D eigenvalue weighted by molar-refractivity contribution is 5.89. The van der Waals surface area contributed by atoms with Crippen LogP contribution in [-0.4, -0.2) is 18.5 Å². The maximum atomic E-state index is 11.8. The summed E-state index contributed by atoms with van der Waals surface area (Å²) in [6.45, 7) is 12.8. The molecular formula is C32H30O5. The van der Waals surface area contributed by atoms with Crippen LogP contribution in [0.1, 0.15) is 31.9 Å². The molecule has 0 aliphatic heterocycles. The normalized spacial score (nSPS) is 10.9. The zero-order chi connectivity index (χ0) is 26.8. The van der Waals surface area contributed by atoms with Crippen molar-refractivity contribution in [2.75, 3.05) is 6.61 Å². The van der Waals surface area contributed by atoms with Crippen molar-refractivity contribution < 1.29 is 23.8 Å². The van der Waals surface area contributed by atoms with E-state index < -0.39 is 11.9 Å². The summed E-state index contributed by atoms with van der Waals surface area (Å²) < 4.78 is 16.6. The van der Waals surface area contributed by atoms with Crippen molar-refractivity contribution in [2.24, 2.45) is 0 Å². The van der Waals surface area contributed by atoms with Crippen molar-refractivity contribution in [3.8, 4) is 28.4 Å². The average Bonchev–Trinajstić information content (AvgIpc) is 2.89. The highest BCUT2D eigenvalue weighted by atomic mass is 16.5. The van der Waals surface area contributed by atoms with Crippen molar-refractivity contribution in [3.63, 3.8) is 0 Å². The SMILES string of the molecule is C=C(C)C(=O)Oc1ccc(/C=C/c2ccc(-c3ccc(OC(=O)C(=C)C)cc3)c(OC/C=C/C)c2)cc1. The first-order valence-electron chi connectivity index (χ1n) is 11.8. The molecule has 0 bridgehead atoms. The molecule has 5 nitrogen and oxygen atoms in total. The van der Waals surface area contributed by atoms with Crippen molar-refractivity contribution in [3.05, 3.63) is 114 Å². The molecule has 3 aromatic carbocycles. The van der Waals surface area contributed by atoms with Gasteiger partial charge in [-0.05, 0) is 67.8 Å². The molecule has 0 radical (unpaired) electrons. The molecule has 0 spiro atoms. The molecule has 0 unspecified atom stereocenters. The Morgan fingerprint density at radius 2 is 1.27 bits per heavy atom. The van der Waals surface area contributed by atoms with Crippen LogP contribution in [0.2, 0.25) is 0 Å². The van der Waals surface area contributed by atoms with Crippen molar-refractivity contribution in [2.45, 2.75) is 20.8 Å². The van der Waals surface area contributed by atoms with Crippen LogP contribution in [0.4, 0.5) is 0 Å². The lowest BCUT2D eigenvalue weighted by atomic mass is 10.0. The Kier molecular flexibility index (Phi) is 9.39. The van der Waals surface area contributed by atoms with Crippen molar-refractivity contribution >= 4 is 24.1 Å². The van der Waals surface area contributed by atoms with Crippen molar-refractivity contribution in [1.29, 1.82) is 0 Å². The van der Waals surface area contributed by atoms with E-state index in [1.165, 1.54) is 0 Å². The van der Waals surface area contributed by atoms with Gasteiger partial charge in [0.2, 0.25) is 0 Å². The Morgan fingerprint density at radius 3 is 1.81 bits per heavy atom. The second kappa shape index (κ2) is 12.9. The van der Waals surface area contributed by atoms with Crippen LogP contribution in [0.25, 0.3) is 23.3 Å². The maximum absolute atomic E-state index is 11.8. The predicted octanol–water partition coefficient (Wildman–Crippen LogP) is 7.44. The zero-order valence-corrected chi connectivity index (χ0v) is 21.3. The number of benzene rings is 3. The van der Waals surface area contributed by atoms with E-state index in [9.17, 15) is 9.59 Å². The van der Waals surface area contributed by atoms with E-state index in [0.29, 0.717) is 29.3 Å². The Hall–Kier alpha value is -4.64. The highest BCUT2D eigenvalue weighted by Crippen LogP contribution is 2.33. The van der Waals surface area contributed by atoms with E-state index in [1.54, 1.807) is 38.1 Å². The van der Waals surface area contributed by atoms with E-state index in [0.717, 1.165) is 28.0 Å². The molecule has 0 atom stereocenters. The van der Waals surface area contributed by atoms with Crippen LogP contribution in [0, 0.1) is 0 Å². The summed E-state index contributed by atoms with van der Waals surface area (Å²) in [7, 11) is 0. The van der Waals surface area contributed by atoms with Gasteiger partial charge in [-0.3, -0.25) is 0 Å². The first-order chi connectivity index (χ1) is 17.8. The summed E-state index contributed by atoms with van der Waals surface area (Å²) in [5.41, 5.74) is 4.46. The fourth-order valence-electron chi connectivity index (χ4n) is 3.16. The van der Waals surface area contributed by atoms with Gasteiger partial charge >= 0.3 is 11.9 Å². The van der Waals surface area contributed by atoms with Crippen LogP contribution in [0.3, 0.4) is 0 Å². The molecule has 0 aliphatic rings. The molecule has 188 valence electrons. The number of hydrogen-bond donors (Lipinski definition) is 0. The Morgan fingerprint density at radius 1 is 0.757 bits per heavy atom. The summed E-state index contributed by atoms with van der Waals surface area (Å²) >= 11 is 0. The van der Waals surface area contributed by atoms with Crippen LogP contribution in [0.15, 0.2) is 103 Å². The molecule has 3 rings (SSSR count). The number of allylic oxidation sites excluding steroid dienone is 1. The first kappa shape index (κ1) is 27.0. The molecule has 0 fully saturated rings. The highest BCUT2D eigenvalue weighted by Gasteiger charge is 2.10. The summed E-state index contributed by atoms with van der Waals surface area (Å²) in [4.78, 5) is 23.4. The van der Waals surface area contributed by atoms with Gasteiger partial charge in [0.15, 0.2) is 0 Å². The lowest BCUT2D eigenvalue weighted by Crippen LogP contribution is -2.07. The third-order valence-electron chi connectivity index (χ3n) is 5.21. The van der Waals surface area contributed by atoms with Gasteiger partial charge in [-0.25, -0.2) is 9.59 Å². The van der Waals surface area contributed by atoms with Gasteiger partial charge in [0.1, 0.15) is 23.9 Å². The lowest BCUT2D eigenvalue weighted by Gasteiger charge is -2.12. The summed E-state index contributed by atoms with van der Waals surface area (Å²) in [5.74, 6) is 0.745. The molecule has 0 amide bonds. The van der Waals surface area contributed by atoms with Gasteiger partial charge in [0.05, 0.1) is 0 Å². The van der Waals surface area contributed by atoms with Gasteiger partial charge in [-0.2, -0.15) is 0 Å². The van der Waals surface area contributed by atoms with E-state index in [4.69, 9.17) is 14.2 Å². The molecule has 0 aliphatic carbocycles. The third-order valence-corrected chi connectivity index (χ3v) is 5.21. The monoisotopic (exact) mass is 494 g/mol. The molecule has 0 heterocycles. The largest absolute Gasteiger partial charge is 0.489 e. The van der Waals surface area contributed by atoms with E-state index in [2.05, 4.69) is 13.2 Å². The minimum atomic E-state index is -0.457. The Bertz CT molecular complexity index is 1340. The Labute approximate surface area is 218 Å². The molecule has 3 aromatic rings. The number of hydrogen-bond acceptors (Lipinski definition) is 5. The first-order valence-corrected chi connectivity index (χ1v) is 11.8. The van der Waals surface area contributed by atoms with E-state index in [1.807, 2.05) is 73.7 Å². The third kappa shape index (κ3) is 7.94. The maximum Gasteiger partial charge on any atom is 0.338 e. The second-order valence-electron chi connectivity index (χ2n) is 8.40. The number of rotatable bonds is 10. The van der Waals surface area contributed by atoms with Gasteiger partial charge in [-0.15, -0.1) is 0 Å². The fraction of sp³-hybridized carbons (Fsp3) is 0.125. The Balaban J connectivity index is 1.80. The molecule has 0 saturated heterocycles. The fourth-order valence-corrected chi connectivity index (χ4v) is 3.16. The summed E-state index contributed by atoms with van der Waals surface area (Å²) in [6.07, 6.45) is 7.83. The molecule has 0 aromatic heterocycles. The standard InChI is InChI=1S/C32H30O5/c1-6-7-20-35-30-21-25(9-8-24-10-15-27(16-11-24)36-31(33)22(2)3)12-19-29(30)26-13-17-28(18-14-26)37-32(34)23(4)5/h6-19,21H,2,4,20H2,1,3,5H3/b7-6+,9-8+. The van der Waals surface area contributed by atoms with Gasteiger partial charge < -0.3 is 14.2 Å². The molecule has 0 saturated carbocycles. The van der Waals surface area contributed by atoms with Crippen LogP contribution < -0.4 is 14.2 Å². The predicted molar refractivity (Wildman–Crippen MR) is 148 cm³/mol. The average molecular weight is 495 g/mol. The minimum absolute atomic E-state index is 0.342. The van der Waals surface area contributed by atoms with E-state index >= 15 is 0 Å². The van der Waals surface area contributed by atoms with Gasteiger partial charge in [0, 0.05) is 16.7 Å². The van der Waals surface area contributed by atoms with Crippen LogP contribution in [0.5, 0.6) is 17.2 Å². The minimum Gasteiger partial charge on any atom is -0.489 e. The molecule has 5 heteroatoms. The zero-order valence-electron chi connectivity index (χ0n) is 21.3. The van der Waals surface area contributed by atoms with Gasteiger partial charge in [-0.1, -0.05) is 73.9 Å².